The Hall–Kier alpha value is -1.60. The van der Waals surface area contributed by atoms with Gasteiger partial charge in [-0.1, -0.05) is 13.8 Å². The second-order valence-corrected chi connectivity index (χ2v) is 10.5. The van der Waals surface area contributed by atoms with E-state index in [1.165, 1.54) is 11.4 Å². The van der Waals surface area contributed by atoms with Gasteiger partial charge in [0.2, 0.25) is 10.0 Å². The maximum atomic E-state index is 13.0. The van der Waals surface area contributed by atoms with Crippen molar-refractivity contribution in [2.45, 2.75) is 20.3 Å². The summed E-state index contributed by atoms with van der Waals surface area (Å²) < 4.78 is 29.9. The molecule has 1 saturated carbocycles. The van der Waals surface area contributed by atoms with E-state index in [2.05, 4.69) is 13.8 Å². The van der Waals surface area contributed by atoms with Crippen LogP contribution in [0.4, 0.5) is 5.69 Å². The zero-order valence-corrected chi connectivity index (χ0v) is 17.0. The van der Waals surface area contributed by atoms with Crippen LogP contribution in [-0.2, 0) is 14.8 Å². The Morgan fingerprint density at radius 2 is 1.92 bits per heavy atom. The molecule has 0 bridgehead atoms. The third-order valence-corrected chi connectivity index (χ3v) is 7.30. The molecule has 1 aromatic rings. The zero-order chi connectivity index (χ0) is 19.3. The Bertz CT molecular complexity index is 803. The Kier molecular flexibility index (Phi) is 4.60. The van der Waals surface area contributed by atoms with Crippen LogP contribution in [0.5, 0.6) is 0 Å². The van der Waals surface area contributed by atoms with Gasteiger partial charge in [0.15, 0.2) is 0 Å². The van der Waals surface area contributed by atoms with E-state index in [9.17, 15) is 13.2 Å². The van der Waals surface area contributed by atoms with Crippen LogP contribution >= 0.6 is 0 Å². The maximum absolute atomic E-state index is 13.0. The van der Waals surface area contributed by atoms with E-state index in [0.29, 0.717) is 23.8 Å². The van der Waals surface area contributed by atoms with Gasteiger partial charge in [-0.3, -0.25) is 9.10 Å². The van der Waals surface area contributed by atoms with Crippen molar-refractivity contribution in [2.75, 3.05) is 44.4 Å². The molecule has 1 aliphatic heterocycles. The SMILES string of the molecule is COC[C@@]12CN(C(=O)c3ccc(N(C)S(C)(=O)=O)cc3)C[C@@H]1C(C)(C)C2. The molecule has 1 amide bonds. The van der Waals surface area contributed by atoms with Crippen molar-refractivity contribution < 1.29 is 17.9 Å². The summed E-state index contributed by atoms with van der Waals surface area (Å²) in [5.74, 6) is 0.453. The molecule has 26 heavy (non-hydrogen) atoms. The molecule has 2 aliphatic rings. The fourth-order valence-corrected chi connectivity index (χ4v) is 5.46. The number of hydrogen-bond donors (Lipinski definition) is 0. The second kappa shape index (κ2) is 6.23. The topological polar surface area (TPSA) is 66.9 Å². The number of rotatable bonds is 5. The summed E-state index contributed by atoms with van der Waals surface area (Å²) >= 11 is 0. The Labute approximate surface area is 156 Å². The van der Waals surface area contributed by atoms with Gasteiger partial charge in [0.05, 0.1) is 18.6 Å². The van der Waals surface area contributed by atoms with Crippen LogP contribution in [0, 0.1) is 16.7 Å². The summed E-state index contributed by atoms with van der Waals surface area (Å²) in [6.07, 6.45) is 2.23. The van der Waals surface area contributed by atoms with Crippen LogP contribution in [0.3, 0.4) is 0 Å². The lowest BCUT2D eigenvalue weighted by molar-refractivity contribution is -0.107. The molecule has 1 heterocycles. The highest BCUT2D eigenvalue weighted by Gasteiger charge is 2.63. The normalized spacial score (nSPS) is 27.0. The molecular weight excluding hydrogens is 352 g/mol. The predicted octanol–water partition coefficient (Wildman–Crippen LogP) is 2.22. The summed E-state index contributed by atoms with van der Waals surface area (Å²) in [5, 5.41) is 0. The zero-order valence-electron chi connectivity index (χ0n) is 16.2. The van der Waals surface area contributed by atoms with Crippen LogP contribution in [0.25, 0.3) is 0 Å². The van der Waals surface area contributed by atoms with E-state index >= 15 is 0 Å². The number of carbonyl (C=O) groups is 1. The molecule has 2 fully saturated rings. The first kappa shape index (κ1) is 19.2. The van der Waals surface area contributed by atoms with Crippen molar-refractivity contribution in [2.24, 2.45) is 16.7 Å². The van der Waals surface area contributed by atoms with Gasteiger partial charge in [-0.05, 0) is 42.0 Å². The maximum Gasteiger partial charge on any atom is 0.253 e. The van der Waals surface area contributed by atoms with E-state index in [1.807, 2.05) is 4.90 Å². The number of likely N-dealkylation sites (tertiary alicyclic amines) is 1. The Balaban J connectivity index is 1.76. The minimum absolute atomic E-state index is 0.000707. The van der Waals surface area contributed by atoms with E-state index < -0.39 is 10.0 Å². The molecule has 0 radical (unpaired) electrons. The summed E-state index contributed by atoms with van der Waals surface area (Å²) in [5.41, 5.74) is 1.44. The van der Waals surface area contributed by atoms with Crippen molar-refractivity contribution in [1.29, 1.82) is 0 Å². The summed E-state index contributed by atoms with van der Waals surface area (Å²) in [4.78, 5) is 14.9. The van der Waals surface area contributed by atoms with Crippen LogP contribution in [0.15, 0.2) is 24.3 Å². The molecule has 0 aromatic heterocycles. The monoisotopic (exact) mass is 380 g/mol. The van der Waals surface area contributed by atoms with Crippen molar-refractivity contribution >= 4 is 21.6 Å². The van der Waals surface area contributed by atoms with Crippen molar-refractivity contribution in [3.8, 4) is 0 Å². The lowest BCUT2D eigenvalue weighted by Crippen LogP contribution is -2.55. The molecule has 2 atom stereocenters. The Morgan fingerprint density at radius 1 is 1.31 bits per heavy atom. The number of ether oxygens (including phenoxy) is 1. The number of amides is 1. The lowest BCUT2D eigenvalue weighted by atomic mass is 9.48. The van der Waals surface area contributed by atoms with Crippen LogP contribution < -0.4 is 4.31 Å². The molecule has 144 valence electrons. The average molecular weight is 381 g/mol. The molecule has 0 spiro atoms. The van der Waals surface area contributed by atoms with E-state index in [4.69, 9.17) is 4.74 Å². The molecular formula is C19H28N2O4S. The number of hydrogen-bond acceptors (Lipinski definition) is 4. The largest absolute Gasteiger partial charge is 0.384 e. The molecule has 6 nitrogen and oxygen atoms in total. The average Bonchev–Trinajstić information content (AvgIpc) is 2.88. The highest BCUT2D eigenvalue weighted by Crippen LogP contribution is 2.62. The predicted molar refractivity (Wildman–Crippen MR) is 102 cm³/mol. The lowest BCUT2D eigenvalue weighted by Gasteiger charge is -2.56. The number of nitrogens with zero attached hydrogens (tertiary/aromatic N) is 2. The van der Waals surface area contributed by atoms with Crippen molar-refractivity contribution in [3.05, 3.63) is 29.8 Å². The van der Waals surface area contributed by atoms with Crippen LogP contribution in [0.2, 0.25) is 0 Å². The Morgan fingerprint density at radius 3 is 2.42 bits per heavy atom. The number of fused-ring (bicyclic) bond motifs is 1. The van der Waals surface area contributed by atoms with Gasteiger partial charge in [0.25, 0.3) is 5.91 Å². The van der Waals surface area contributed by atoms with E-state index in [1.54, 1.807) is 31.4 Å². The van der Waals surface area contributed by atoms with Gasteiger partial charge in [-0.25, -0.2) is 8.42 Å². The van der Waals surface area contributed by atoms with Gasteiger partial charge < -0.3 is 9.64 Å². The number of carbonyl (C=O) groups excluding carboxylic acids is 1. The standard InChI is InChI=1S/C19H28N2O4S/c1-18(2)11-19(13-25-4)12-21(10-16(18)19)17(22)14-6-8-15(9-7-14)20(3)26(5,23)24/h6-9,16H,10-13H2,1-5H3/t16-,19-/m1/s1. The van der Waals surface area contributed by atoms with Crippen LogP contribution in [-0.4, -0.2) is 59.3 Å². The quantitative estimate of drug-likeness (QED) is 0.786. The fourth-order valence-electron chi connectivity index (χ4n) is 4.95. The van der Waals surface area contributed by atoms with Gasteiger partial charge in [-0.15, -0.1) is 0 Å². The number of benzene rings is 1. The van der Waals surface area contributed by atoms with Crippen LogP contribution in [0.1, 0.15) is 30.6 Å². The first-order valence-corrected chi connectivity index (χ1v) is 10.7. The van der Waals surface area contributed by atoms with Crippen molar-refractivity contribution in [3.63, 3.8) is 0 Å². The minimum atomic E-state index is -3.31. The second-order valence-electron chi connectivity index (χ2n) is 8.48. The summed E-state index contributed by atoms with van der Waals surface area (Å²) in [7, 11) is -0.0925. The highest BCUT2D eigenvalue weighted by atomic mass is 32.2. The number of anilines is 1. The summed E-state index contributed by atoms with van der Waals surface area (Å²) in [6.45, 7) is 6.67. The smallest absolute Gasteiger partial charge is 0.253 e. The van der Waals surface area contributed by atoms with E-state index in [0.717, 1.165) is 25.8 Å². The summed E-state index contributed by atoms with van der Waals surface area (Å²) in [6, 6.07) is 6.75. The molecule has 3 rings (SSSR count). The number of sulfonamides is 1. The van der Waals surface area contributed by atoms with Gasteiger partial charge in [-0.2, -0.15) is 0 Å². The van der Waals surface area contributed by atoms with Gasteiger partial charge in [0.1, 0.15) is 0 Å². The van der Waals surface area contributed by atoms with E-state index in [-0.39, 0.29) is 16.7 Å². The molecule has 7 heteroatoms. The minimum Gasteiger partial charge on any atom is -0.384 e. The van der Waals surface area contributed by atoms with Crippen molar-refractivity contribution in [1.82, 2.24) is 4.90 Å². The number of methoxy groups -OCH3 is 1. The highest BCUT2D eigenvalue weighted by molar-refractivity contribution is 7.92. The first-order chi connectivity index (χ1) is 12.0. The molecule has 0 N–H and O–H groups in total. The molecule has 1 aliphatic carbocycles. The third kappa shape index (κ3) is 3.11. The molecule has 0 unspecified atom stereocenters. The van der Waals surface area contributed by atoms with Gasteiger partial charge >= 0.3 is 0 Å². The first-order valence-electron chi connectivity index (χ1n) is 8.82. The fraction of sp³-hybridized carbons (Fsp3) is 0.632. The van der Waals surface area contributed by atoms with Gasteiger partial charge in [0, 0.05) is 38.2 Å². The third-order valence-electron chi connectivity index (χ3n) is 6.09. The molecule has 1 aromatic carbocycles. The molecule has 1 saturated heterocycles.